The molecule has 3 aromatic rings. The van der Waals surface area contributed by atoms with Crippen molar-refractivity contribution in [3.8, 4) is 0 Å². The number of ether oxygens (including phenoxy) is 1. The Labute approximate surface area is 185 Å². The first-order chi connectivity index (χ1) is 14.5. The van der Waals surface area contributed by atoms with Gasteiger partial charge in [0.05, 0.1) is 6.10 Å². The maximum Gasteiger partial charge on any atom is 0.367 e. The number of carbonyl (C=O) groups is 1. The number of hydrogen-bond donors (Lipinski definition) is 0. The molecular formula is C26H29ClO2P+. The molecule has 0 aliphatic rings. The number of hydrogen-bond acceptors (Lipinski definition) is 2. The Balaban J connectivity index is 2.45. The second kappa shape index (κ2) is 9.77. The molecule has 0 radical (unpaired) electrons. The minimum absolute atomic E-state index is 0.239. The topological polar surface area (TPSA) is 26.3 Å². The van der Waals surface area contributed by atoms with Crippen molar-refractivity contribution in [1.82, 2.24) is 0 Å². The van der Waals surface area contributed by atoms with Crippen LogP contribution in [0, 0.1) is 0 Å². The molecule has 2 nitrogen and oxygen atoms in total. The van der Waals surface area contributed by atoms with Gasteiger partial charge < -0.3 is 4.74 Å². The highest BCUT2D eigenvalue weighted by Crippen LogP contribution is 2.69. The van der Waals surface area contributed by atoms with Crippen molar-refractivity contribution in [1.29, 1.82) is 0 Å². The highest BCUT2D eigenvalue weighted by Gasteiger charge is 2.67. The monoisotopic (exact) mass is 439 g/mol. The first-order valence-corrected chi connectivity index (χ1v) is 12.6. The summed E-state index contributed by atoms with van der Waals surface area (Å²) in [7, 11) is -2.61. The van der Waals surface area contributed by atoms with Crippen LogP contribution in [0.5, 0.6) is 0 Å². The van der Waals surface area contributed by atoms with Gasteiger partial charge in [-0.05, 0) is 50.2 Å². The van der Waals surface area contributed by atoms with Crippen LogP contribution in [0.4, 0.5) is 0 Å². The second-order valence-corrected chi connectivity index (χ2v) is 12.2. The van der Waals surface area contributed by atoms with Gasteiger partial charge in [-0.2, -0.15) is 0 Å². The van der Waals surface area contributed by atoms with Crippen LogP contribution < -0.4 is 15.9 Å². The van der Waals surface area contributed by atoms with Crippen molar-refractivity contribution >= 4 is 40.7 Å². The Morgan fingerprint density at radius 3 is 1.50 bits per heavy atom. The molecule has 0 fully saturated rings. The van der Waals surface area contributed by atoms with E-state index in [0.29, 0.717) is 6.42 Å². The number of rotatable bonds is 8. The van der Waals surface area contributed by atoms with Gasteiger partial charge in [0.15, 0.2) is 0 Å². The zero-order valence-corrected chi connectivity index (χ0v) is 19.4. The molecule has 0 spiro atoms. The molecule has 1 unspecified atom stereocenters. The summed E-state index contributed by atoms with van der Waals surface area (Å²) < 4.78 is 4.58. The molecule has 3 aromatic carbocycles. The van der Waals surface area contributed by atoms with Crippen LogP contribution in [0.15, 0.2) is 91.0 Å². The summed E-state index contributed by atoms with van der Waals surface area (Å²) >= 11 is 7.54. The van der Waals surface area contributed by atoms with Crippen molar-refractivity contribution in [2.24, 2.45) is 0 Å². The van der Waals surface area contributed by atoms with E-state index in [-0.39, 0.29) is 12.1 Å². The fourth-order valence-corrected chi connectivity index (χ4v) is 10.0. The smallest absolute Gasteiger partial charge is 0.367 e. The van der Waals surface area contributed by atoms with E-state index in [0.717, 1.165) is 22.3 Å². The summed E-state index contributed by atoms with van der Waals surface area (Å²) in [5.41, 5.74) is 0. The standard InChI is InChI=1S/C26H29ClO2P/c1-4-20-26(27,25(28)29-21(2)3)30(22-14-8-5-9-15-22,23-16-10-6-11-17-23)24-18-12-7-13-19-24/h5-19,21H,4,20H2,1-3H3/q+1. The molecule has 0 heterocycles. The third-order valence-electron chi connectivity index (χ3n) is 5.20. The van der Waals surface area contributed by atoms with E-state index in [2.05, 4.69) is 43.3 Å². The minimum Gasteiger partial charge on any atom is -0.459 e. The first kappa shape index (κ1) is 22.5. The van der Waals surface area contributed by atoms with Gasteiger partial charge in [0.2, 0.25) is 0 Å². The van der Waals surface area contributed by atoms with E-state index in [1.807, 2.05) is 68.4 Å². The van der Waals surface area contributed by atoms with E-state index in [1.54, 1.807) is 0 Å². The van der Waals surface area contributed by atoms with Gasteiger partial charge in [-0.1, -0.05) is 79.5 Å². The molecule has 3 rings (SSSR count). The molecule has 0 saturated carbocycles. The van der Waals surface area contributed by atoms with Crippen molar-refractivity contribution in [3.05, 3.63) is 91.0 Å². The van der Waals surface area contributed by atoms with Crippen LogP contribution in [0.2, 0.25) is 0 Å². The molecule has 0 aliphatic heterocycles. The summed E-state index contributed by atoms with van der Waals surface area (Å²) in [6, 6.07) is 30.7. The Morgan fingerprint density at radius 2 is 1.20 bits per heavy atom. The fraction of sp³-hybridized carbons (Fsp3) is 0.269. The Bertz CT molecular complexity index is 848. The summed E-state index contributed by atoms with van der Waals surface area (Å²) in [6.07, 6.45) is 1.05. The van der Waals surface area contributed by atoms with Gasteiger partial charge in [-0.25, -0.2) is 4.79 Å². The van der Waals surface area contributed by atoms with E-state index in [9.17, 15) is 4.79 Å². The highest BCUT2D eigenvalue weighted by atomic mass is 35.5. The predicted octanol–water partition coefficient (Wildman–Crippen LogP) is 5.67. The normalized spacial score (nSPS) is 13.6. The Morgan fingerprint density at radius 1 is 0.833 bits per heavy atom. The maximum atomic E-state index is 13.7. The second-order valence-electron chi connectivity index (χ2n) is 7.64. The van der Waals surface area contributed by atoms with Crippen molar-refractivity contribution in [2.45, 2.75) is 44.3 Å². The van der Waals surface area contributed by atoms with Gasteiger partial charge >= 0.3 is 5.97 Å². The Hall–Kier alpha value is -2.15. The van der Waals surface area contributed by atoms with Crippen LogP contribution in [-0.4, -0.2) is 16.7 Å². The lowest BCUT2D eigenvalue weighted by Gasteiger charge is -2.39. The Kier molecular flexibility index (Phi) is 7.34. The molecule has 0 amide bonds. The quantitative estimate of drug-likeness (QED) is 0.257. The summed E-state index contributed by atoms with van der Waals surface area (Å²) in [6.45, 7) is 5.80. The summed E-state index contributed by atoms with van der Waals surface area (Å²) in [4.78, 5) is 13.7. The number of halogens is 1. The van der Waals surface area contributed by atoms with E-state index >= 15 is 0 Å². The molecular weight excluding hydrogens is 411 g/mol. The van der Waals surface area contributed by atoms with E-state index in [4.69, 9.17) is 16.3 Å². The molecule has 0 N–H and O–H groups in total. The average Bonchev–Trinajstić information content (AvgIpc) is 2.76. The molecule has 4 heteroatoms. The van der Waals surface area contributed by atoms with E-state index < -0.39 is 11.9 Å². The predicted molar refractivity (Wildman–Crippen MR) is 130 cm³/mol. The lowest BCUT2D eigenvalue weighted by Crippen LogP contribution is -2.50. The number of benzene rings is 3. The zero-order valence-electron chi connectivity index (χ0n) is 17.8. The minimum atomic E-state index is -2.61. The molecule has 1 atom stereocenters. The fourth-order valence-electron chi connectivity index (χ4n) is 4.06. The van der Waals surface area contributed by atoms with Crippen molar-refractivity contribution in [3.63, 3.8) is 0 Å². The van der Waals surface area contributed by atoms with Crippen molar-refractivity contribution in [2.75, 3.05) is 0 Å². The number of alkyl halides is 1. The zero-order chi connectivity index (χ0) is 21.6. The van der Waals surface area contributed by atoms with Crippen LogP contribution in [0.1, 0.15) is 33.6 Å². The van der Waals surface area contributed by atoms with E-state index in [1.165, 1.54) is 0 Å². The van der Waals surface area contributed by atoms with Gasteiger partial charge in [0.1, 0.15) is 23.2 Å². The molecule has 30 heavy (non-hydrogen) atoms. The van der Waals surface area contributed by atoms with Crippen LogP contribution in [0.3, 0.4) is 0 Å². The molecule has 0 bridgehead atoms. The summed E-state index contributed by atoms with van der Waals surface area (Å²) in [5.74, 6) is -0.342. The SMILES string of the molecule is CCCC(Cl)(C(=O)OC(C)C)[P+](c1ccccc1)(c1ccccc1)c1ccccc1. The molecule has 0 saturated heterocycles. The van der Waals surface area contributed by atoms with Crippen LogP contribution in [-0.2, 0) is 9.53 Å². The largest absolute Gasteiger partial charge is 0.459 e. The van der Waals surface area contributed by atoms with Gasteiger partial charge in [-0.15, -0.1) is 0 Å². The number of carbonyl (C=O) groups excluding carboxylic acids is 1. The average molecular weight is 440 g/mol. The van der Waals surface area contributed by atoms with Crippen molar-refractivity contribution < 1.29 is 9.53 Å². The van der Waals surface area contributed by atoms with Crippen LogP contribution >= 0.6 is 18.9 Å². The molecule has 156 valence electrons. The number of esters is 1. The maximum absolute atomic E-state index is 13.7. The summed E-state index contributed by atoms with van der Waals surface area (Å²) in [5, 5.41) is 3.23. The van der Waals surface area contributed by atoms with Gasteiger partial charge in [0.25, 0.3) is 4.62 Å². The van der Waals surface area contributed by atoms with Gasteiger partial charge in [-0.3, -0.25) is 0 Å². The lowest BCUT2D eigenvalue weighted by molar-refractivity contribution is -0.148. The first-order valence-electron chi connectivity index (χ1n) is 10.4. The molecule has 0 aromatic heterocycles. The third kappa shape index (κ3) is 4.04. The van der Waals surface area contributed by atoms with Gasteiger partial charge in [0, 0.05) is 6.42 Å². The molecule has 0 aliphatic carbocycles. The van der Waals surface area contributed by atoms with Crippen LogP contribution in [0.25, 0.3) is 0 Å². The third-order valence-corrected chi connectivity index (χ3v) is 11.0. The highest BCUT2D eigenvalue weighted by molar-refractivity contribution is 7.98. The lowest BCUT2D eigenvalue weighted by atomic mass is 10.2.